The van der Waals surface area contributed by atoms with Crippen molar-refractivity contribution in [1.29, 1.82) is 0 Å². The molecule has 0 bridgehead atoms. The van der Waals surface area contributed by atoms with Crippen LogP contribution in [0.4, 0.5) is 5.69 Å². The largest absolute Gasteiger partial charge is 0.489 e. The number of rotatable bonds is 5. The summed E-state index contributed by atoms with van der Waals surface area (Å²) in [5.74, 6) is 1.17. The lowest BCUT2D eigenvalue weighted by molar-refractivity contribution is -0.120. The molecule has 0 saturated carbocycles. The Morgan fingerprint density at radius 2 is 1.79 bits per heavy atom. The number of para-hydroxylation sites is 3. The summed E-state index contributed by atoms with van der Waals surface area (Å²) in [5.41, 5.74) is 2.24. The van der Waals surface area contributed by atoms with Crippen LogP contribution in [0.3, 0.4) is 0 Å². The summed E-state index contributed by atoms with van der Waals surface area (Å²) in [6.07, 6.45) is 0. The summed E-state index contributed by atoms with van der Waals surface area (Å²) < 4.78 is 5.97. The van der Waals surface area contributed by atoms with Crippen LogP contribution in [-0.2, 0) is 11.3 Å². The van der Waals surface area contributed by atoms with E-state index in [4.69, 9.17) is 4.74 Å². The predicted molar refractivity (Wildman–Crippen MR) is 127 cm³/mol. The number of benzene rings is 3. The van der Waals surface area contributed by atoms with Gasteiger partial charge in [0, 0.05) is 0 Å². The number of aromatic amines is 1. The molecule has 33 heavy (non-hydrogen) atoms. The Hall–Kier alpha value is -3.97. The highest BCUT2D eigenvalue weighted by Crippen LogP contribution is 2.39. The standard InChI is InChI=1S/C26H24N4O3/c1-29(15-24-27-20-12-6-5-11-19(20)26(32)28-24)16-25(31)30-21-13-7-8-14-23(21)33-17-22(30)18-9-3-2-4-10-18/h2-14,22H,15-17H2,1H3,(H,27,28,32)/t22-/m1/s1. The molecule has 1 aliphatic rings. The number of nitrogens with one attached hydrogen (secondary N) is 1. The summed E-state index contributed by atoms with van der Waals surface area (Å²) in [4.78, 5) is 37.0. The summed E-state index contributed by atoms with van der Waals surface area (Å²) in [6.45, 7) is 0.887. The van der Waals surface area contributed by atoms with Gasteiger partial charge in [-0.15, -0.1) is 0 Å². The van der Waals surface area contributed by atoms with E-state index in [0.717, 1.165) is 11.3 Å². The highest BCUT2D eigenvalue weighted by molar-refractivity contribution is 5.97. The predicted octanol–water partition coefficient (Wildman–Crippen LogP) is 3.52. The molecule has 2 heterocycles. The van der Waals surface area contributed by atoms with Gasteiger partial charge in [-0.05, 0) is 36.9 Å². The van der Waals surface area contributed by atoms with E-state index in [1.54, 1.807) is 6.07 Å². The maximum atomic E-state index is 13.6. The quantitative estimate of drug-likeness (QED) is 0.514. The topological polar surface area (TPSA) is 78.5 Å². The molecule has 1 aliphatic heterocycles. The lowest BCUT2D eigenvalue weighted by Crippen LogP contribution is -2.45. The average molecular weight is 441 g/mol. The molecule has 7 nitrogen and oxygen atoms in total. The molecule has 4 aromatic rings. The minimum Gasteiger partial charge on any atom is -0.489 e. The molecule has 1 aromatic heterocycles. The number of likely N-dealkylation sites (N-methyl/N-ethyl adjacent to an activating group) is 1. The van der Waals surface area contributed by atoms with Gasteiger partial charge >= 0.3 is 0 Å². The van der Waals surface area contributed by atoms with Crippen molar-refractivity contribution in [2.45, 2.75) is 12.6 Å². The molecule has 0 radical (unpaired) electrons. The van der Waals surface area contributed by atoms with Crippen molar-refractivity contribution in [2.75, 3.05) is 25.1 Å². The fourth-order valence-corrected chi connectivity index (χ4v) is 4.25. The zero-order chi connectivity index (χ0) is 22.8. The summed E-state index contributed by atoms with van der Waals surface area (Å²) >= 11 is 0. The van der Waals surface area contributed by atoms with E-state index in [1.165, 1.54) is 0 Å². The summed E-state index contributed by atoms with van der Waals surface area (Å²) in [6, 6.07) is 24.5. The number of carbonyl (C=O) groups is 1. The molecule has 0 aliphatic carbocycles. The molecule has 0 saturated heterocycles. The monoisotopic (exact) mass is 440 g/mol. The first-order valence-electron chi connectivity index (χ1n) is 10.9. The molecule has 5 rings (SSSR count). The molecule has 0 unspecified atom stereocenters. The highest BCUT2D eigenvalue weighted by Gasteiger charge is 2.33. The third kappa shape index (κ3) is 4.23. The van der Waals surface area contributed by atoms with Crippen molar-refractivity contribution < 1.29 is 9.53 Å². The molecule has 166 valence electrons. The minimum atomic E-state index is -0.222. The first kappa shape index (κ1) is 20.9. The number of hydrogen-bond donors (Lipinski definition) is 1. The van der Waals surface area contributed by atoms with Crippen LogP contribution < -0.4 is 15.2 Å². The van der Waals surface area contributed by atoms with Crippen molar-refractivity contribution in [3.63, 3.8) is 0 Å². The van der Waals surface area contributed by atoms with Gasteiger partial charge < -0.3 is 9.72 Å². The van der Waals surface area contributed by atoms with E-state index < -0.39 is 0 Å². The Balaban J connectivity index is 1.39. The third-order valence-electron chi connectivity index (χ3n) is 5.77. The number of amides is 1. The fraction of sp³-hybridized carbons (Fsp3) is 0.192. The maximum absolute atomic E-state index is 13.6. The molecule has 1 N–H and O–H groups in total. The first-order valence-corrected chi connectivity index (χ1v) is 10.9. The Morgan fingerprint density at radius 3 is 2.64 bits per heavy atom. The van der Waals surface area contributed by atoms with Crippen LogP contribution in [0.25, 0.3) is 10.9 Å². The summed E-state index contributed by atoms with van der Waals surface area (Å²) in [5, 5.41) is 0.551. The molecule has 1 amide bonds. The van der Waals surface area contributed by atoms with Crippen molar-refractivity contribution >= 4 is 22.5 Å². The maximum Gasteiger partial charge on any atom is 0.258 e. The molecule has 0 spiro atoms. The molecule has 7 heteroatoms. The number of anilines is 1. The number of carbonyl (C=O) groups excluding carboxylic acids is 1. The lowest BCUT2D eigenvalue weighted by atomic mass is 10.0. The molecule has 3 aromatic carbocycles. The number of ether oxygens (including phenoxy) is 1. The van der Waals surface area contributed by atoms with Gasteiger partial charge in [-0.3, -0.25) is 19.4 Å². The zero-order valence-corrected chi connectivity index (χ0v) is 18.3. The Morgan fingerprint density at radius 1 is 1.06 bits per heavy atom. The van der Waals surface area contributed by atoms with E-state index in [0.29, 0.717) is 35.6 Å². The average Bonchev–Trinajstić information content (AvgIpc) is 2.83. The van der Waals surface area contributed by atoms with Crippen molar-refractivity contribution in [2.24, 2.45) is 0 Å². The Bertz CT molecular complexity index is 1350. The van der Waals surface area contributed by atoms with Crippen molar-refractivity contribution in [3.05, 3.63) is 101 Å². The van der Waals surface area contributed by atoms with E-state index in [1.807, 2.05) is 89.6 Å². The smallest absolute Gasteiger partial charge is 0.258 e. The third-order valence-corrected chi connectivity index (χ3v) is 5.77. The van der Waals surface area contributed by atoms with Crippen LogP contribution >= 0.6 is 0 Å². The first-order chi connectivity index (χ1) is 16.1. The van der Waals surface area contributed by atoms with Crippen LogP contribution in [0.2, 0.25) is 0 Å². The van der Waals surface area contributed by atoms with Gasteiger partial charge in [0.05, 0.1) is 35.7 Å². The van der Waals surface area contributed by atoms with Crippen LogP contribution in [0.5, 0.6) is 5.75 Å². The van der Waals surface area contributed by atoms with Crippen LogP contribution in [0.15, 0.2) is 83.7 Å². The molecule has 1 atom stereocenters. The van der Waals surface area contributed by atoms with Gasteiger partial charge in [-0.25, -0.2) is 4.98 Å². The van der Waals surface area contributed by atoms with Gasteiger partial charge in [0.25, 0.3) is 5.56 Å². The van der Waals surface area contributed by atoms with Gasteiger partial charge in [-0.1, -0.05) is 54.6 Å². The number of H-pyrrole nitrogens is 1. The molecular formula is C26H24N4O3. The van der Waals surface area contributed by atoms with Crippen LogP contribution in [0.1, 0.15) is 17.4 Å². The normalized spacial score (nSPS) is 15.3. The fourth-order valence-electron chi connectivity index (χ4n) is 4.25. The SMILES string of the molecule is CN(CC(=O)N1c2ccccc2OC[C@@H]1c1ccccc1)Cc1nc2ccccc2c(=O)[nH]1. The van der Waals surface area contributed by atoms with Crippen LogP contribution in [0, 0.1) is 0 Å². The lowest BCUT2D eigenvalue weighted by Gasteiger charge is -2.38. The molecular weight excluding hydrogens is 416 g/mol. The van der Waals surface area contributed by atoms with E-state index in [-0.39, 0.29) is 24.1 Å². The van der Waals surface area contributed by atoms with Gasteiger partial charge in [0.1, 0.15) is 18.2 Å². The van der Waals surface area contributed by atoms with Crippen molar-refractivity contribution in [1.82, 2.24) is 14.9 Å². The Kier molecular flexibility index (Phi) is 5.62. The van der Waals surface area contributed by atoms with E-state index >= 15 is 0 Å². The number of aromatic nitrogens is 2. The number of hydrogen-bond acceptors (Lipinski definition) is 5. The minimum absolute atomic E-state index is 0.0507. The molecule has 0 fully saturated rings. The number of fused-ring (bicyclic) bond motifs is 2. The van der Waals surface area contributed by atoms with Crippen molar-refractivity contribution in [3.8, 4) is 5.75 Å². The second-order valence-electron chi connectivity index (χ2n) is 8.17. The van der Waals surface area contributed by atoms with Crippen LogP contribution in [-0.4, -0.2) is 41.0 Å². The number of nitrogens with zero attached hydrogens (tertiary/aromatic N) is 3. The highest BCUT2D eigenvalue weighted by atomic mass is 16.5. The zero-order valence-electron chi connectivity index (χ0n) is 18.3. The van der Waals surface area contributed by atoms with Gasteiger partial charge in [-0.2, -0.15) is 0 Å². The van der Waals surface area contributed by atoms with E-state index in [9.17, 15) is 9.59 Å². The van der Waals surface area contributed by atoms with E-state index in [2.05, 4.69) is 9.97 Å². The second-order valence-corrected chi connectivity index (χ2v) is 8.17. The second kappa shape index (κ2) is 8.88. The summed E-state index contributed by atoms with van der Waals surface area (Å²) in [7, 11) is 1.84. The van der Waals surface area contributed by atoms with Gasteiger partial charge in [0.15, 0.2) is 0 Å². The van der Waals surface area contributed by atoms with Gasteiger partial charge in [0.2, 0.25) is 5.91 Å². The Labute approximate surface area is 191 Å².